The van der Waals surface area contributed by atoms with Crippen LogP contribution < -0.4 is 4.74 Å². The maximum Gasteiger partial charge on any atom is 0.243 e. The Labute approximate surface area is 149 Å². The summed E-state index contributed by atoms with van der Waals surface area (Å²) in [7, 11) is -1.90. The molecule has 0 radical (unpaired) electrons. The van der Waals surface area contributed by atoms with Crippen LogP contribution in [0.25, 0.3) is 0 Å². The molecule has 1 aromatic heterocycles. The highest BCUT2D eigenvalue weighted by molar-refractivity contribution is 7.89. The number of aromatic nitrogens is 1. The zero-order valence-electron chi connectivity index (χ0n) is 14.5. The summed E-state index contributed by atoms with van der Waals surface area (Å²) < 4.78 is 32.2. The Bertz CT molecular complexity index is 786. The van der Waals surface area contributed by atoms with E-state index in [0.717, 1.165) is 5.56 Å². The van der Waals surface area contributed by atoms with Crippen LogP contribution >= 0.6 is 0 Å². The van der Waals surface area contributed by atoms with Gasteiger partial charge in [0.1, 0.15) is 5.75 Å². The summed E-state index contributed by atoms with van der Waals surface area (Å²) in [4.78, 5) is 6.76. The van der Waals surface area contributed by atoms with Crippen molar-refractivity contribution in [3.63, 3.8) is 0 Å². The molecule has 2 heterocycles. The summed E-state index contributed by atoms with van der Waals surface area (Å²) in [5.41, 5.74) is 1.15. The summed E-state index contributed by atoms with van der Waals surface area (Å²) in [5, 5.41) is 0. The van der Waals surface area contributed by atoms with Crippen molar-refractivity contribution in [1.29, 1.82) is 0 Å². The highest BCUT2D eigenvalue weighted by Crippen LogP contribution is 2.24. The zero-order valence-corrected chi connectivity index (χ0v) is 15.3. The van der Waals surface area contributed by atoms with E-state index in [1.165, 1.54) is 0 Å². The van der Waals surface area contributed by atoms with Crippen molar-refractivity contribution in [2.75, 3.05) is 33.3 Å². The van der Waals surface area contributed by atoms with Crippen LogP contribution in [0, 0.1) is 0 Å². The standard InChI is InChI=1S/C18H23N3O3S/c1-15(16-4-3-9-19-14-16)20-10-12-21(13-11-20)25(22,23)18-7-5-17(24-2)6-8-18/h3-9,14-15H,10-13H2,1-2H3. The normalized spacial score (nSPS) is 18.0. The highest BCUT2D eigenvalue weighted by atomic mass is 32.2. The number of methoxy groups -OCH3 is 1. The number of benzene rings is 1. The molecule has 25 heavy (non-hydrogen) atoms. The molecule has 1 fully saturated rings. The number of nitrogens with zero attached hydrogens (tertiary/aromatic N) is 3. The number of pyridine rings is 1. The minimum atomic E-state index is -3.46. The van der Waals surface area contributed by atoms with Gasteiger partial charge in [0, 0.05) is 44.6 Å². The first-order valence-electron chi connectivity index (χ1n) is 8.30. The van der Waals surface area contributed by atoms with Gasteiger partial charge in [0.25, 0.3) is 0 Å². The highest BCUT2D eigenvalue weighted by Gasteiger charge is 2.30. The molecule has 134 valence electrons. The molecule has 0 aliphatic carbocycles. The molecule has 1 unspecified atom stereocenters. The first kappa shape index (κ1) is 17.8. The monoisotopic (exact) mass is 361 g/mol. The van der Waals surface area contributed by atoms with E-state index in [0.29, 0.717) is 36.8 Å². The molecule has 1 aromatic carbocycles. The lowest BCUT2D eigenvalue weighted by Crippen LogP contribution is -2.49. The fourth-order valence-corrected chi connectivity index (χ4v) is 4.48. The Morgan fingerprint density at radius 1 is 1.08 bits per heavy atom. The molecule has 3 rings (SSSR count). The lowest BCUT2D eigenvalue weighted by molar-refractivity contribution is 0.145. The Balaban J connectivity index is 1.66. The summed E-state index contributed by atoms with van der Waals surface area (Å²) in [5.74, 6) is 0.647. The SMILES string of the molecule is COc1ccc(S(=O)(=O)N2CCN(C(C)c3cccnc3)CC2)cc1. The first-order valence-corrected chi connectivity index (χ1v) is 9.74. The maximum atomic E-state index is 12.8. The summed E-state index contributed by atoms with van der Waals surface area (Å²) in [6.07, 6.45) is 3.63. The predicted octanol–water partition coefficient (Wildman–Crippen LogP) is 2.16. The van der Waals surface area contributed by atoms with Gasteiger partial charge in [-0.25, -0.2) is 8.42 Å². The molecule has 0 bridgehead atoms. The Hall–Kier alpha value is -1.96. The van der Waals surface area contributed by atoms with Gasteiger partial charge in [-0.05, 0) is 42.8 Å². The average Bonchev–Trinajstić information content (AvgIpc) is 2.68. The quantitative estimate of drug-likeness (QED) is 0.817. The van der Waals surface area contributed by atoms with E-state index in [1.807, 2.05) is 12.3 Å². The van der Waals surface area contributed by atoms with Crippen molar-refractivity contribution in [3.8, 4) is 5.75 Å². The minimum Gasteiger partial charge on any atom is -0.497 e. The second-order valence-electron chi connectivity index (χ2n) is 6.08. The second-order valence-corrected chi connectivity index (χ2v) is 8.02. The third-order valence-corrected chi connectivity index (χ3v) is 6.60. The molecule has 1 aliphatic rings. The third kappa shape index (κ3) is 3.84. The molecule has 1 aliphatic heterocycles. The molecule has 0 spiro atoms. The van der Waals surface area contributed by atoms with Crippen LogP contribution in [0.5, 0.6) is 5.75 Å². The number of rotatable bonds is 5. The summed E-state index contributed by atoms with van der Waals surface area (Å²) >= 11 is 0. The van der Waals surface area contributed by atoms with Gasteiger partial charge >= 0.3 is 0 Å². The Morgan fingerprint density at radius 2 is 1.76 bits per heavy atom. The van der Waals surface area contributed by atoms with Gasteiger partial charge in [-0.2, -0.15) is 4.31 Å². The Morgan fingerprint density at radius 3 is 2.32 bits per heavy atom. The van der Waals surface area contributed by atoms with Crippen molar-refractivity contribution in [2.24, 2.45) is 0 Å². The zero-order chi connectivity index (χ0) is 17.9. The van der Waals surface area contributed by atoms with Crippen LogP contribution in [0.15, 0.2) is 53.7 Å². The second kappa shape index (κ2) is 7.51. The van der Waals surface area contributed by atoms with Crippen LogP contribution in [0.1, 0.15) is 18.5 Å². The van der Waals surface area contributed by atoms with Crippen molar-refractivity contribution in [1.82, 2.24) is 14.2 Å². The van der Waals surface area contributed by atoms with Crippen molar-refractivity contribution in [2.45, 2.75) is 17.9 Å². The fourth-order valence-electron chi connectivity index (χ4n) is 3.06. The van der Waals surface area contributed by atoms with Crippen LogP contribution in [0.4, 0.5) is 0 Å². The third-order valence-electron chi connectivity index (χ3n) is 4.68. The molecule has 0 saturated carbocycles. The lowest BCUT2D eigenvalue weighted by Gasteiger charge is -2.37. The van der Waals surface area contributed by atoms with Crippen LogP contribution in [0.3, 0.4) is 0 Å². The molecule has 6 nitrogen and oxygen atoms in total. The maximum absolute atomic E-state index is 12.8. The number of piperazine rings is 1. The molecule has 7 heteroatoms. The molecule has 0 amide bonds. The predicted molar refractivity (Wildman–Crippen MR) is 96.0 cm³/mol. The van der Waals surface area contributed by atoms with Crippen molar-refractivity contribution < 1.29 is 13.2 Å². The van der Waals surface area contributed by atoms with E-state index in [-0.39, 0.29) is 6.04 Å². The molecule has 2 aromatic rings. The summed E-state index contributed by atoms with van der Waals surface area (Å²) in [6, 6.07) is 10.7. The van der Waals surface area contributed by atoms with Gasteiger partial charge in [-0.15, -0.1) is 0 Å². The number of hydrogen-bond donors (Lipinski definition) is 0. The molecule has 1 saturated heterocycles. The Kier molecular flexibility index (Phi) is 5.36. The van der Waals surface area contributed by atoms with Crippen LogP contribution in [-0.2, 0) is 10.0 Å². The van der Waals surface area contributed by atoms with Gasteiger partial charge < -0.3 is 4.74 Å². The molecule has 0 N–H and O–H groups in total. The van der Waals surface area contributed by atoms with Crippen LogP contribution in [0.2, 0.25) is 0 Å². The van der Waals surface area contributed by atoms with E-state index in [9.17, 15) is 8.42 Å². The molecular weight excluding hydrogens is 338 g/mol. The number of sulfonamides is 1. The van der Waals surface area contributed by atoms with E-state index in [1.54, 1.807) is 41.9 Å². The molecule has 1 atom stereocenters. The van der Waals surface area contributed by atoms with Crippen molar-refractivity contribution >= 4 is 10.0 Å². The van der Waals surface area contributed by atoms with Crippen LogP contribution in [-0.4, -0.2) is 55.9 Å². The van der Waals surface area contributed by atoms with E-state index in [2.05, 4.69) is 22.9 Å². The van der Waals surface area contributed by atoms with Gasteiger partial charge in [-0.3, -0.25) is 9.88 Å². The largest absolute Gasteiger partial charge is 0.497 e. The van der Waals surface area contributed by atoms with E-state index in [4.69, 9.17) is 4.74 Å². The van der Waals surface area contributed by atoms with Crippen molar-refractivity contribution in [3.05, 3.63) is 54.4 Å². The first-order chi connectivity index (χ1) is 12.0. The topological polar surface area (TPSA) is 62.7 Å². The van der Waals surface area contributed by atoms with Gasteiger partial charge in [0.15, 0.2) is 0 Å². The minimum absolute atomic E-state index is 0.222. The molecular formula is C18H23N3O3S. The lowest BCUT2D eigenvalue weighted by atomic mass is 10.1. The van der Waals surface area contributed by atoms with E-state index >= 15 is 0 Å². The fraction of sp³-hybridized carbons (Fsp3) is 0.389. The van der Waals surface area contributed by atoms with Gasteiger partial charge in [0.2, 0.25) is 10.0 Å². The number of ether oxygens (including phenoxy) is 1. The average molecular weight is 361 g/mol. The van der Waals surface area contributed by atoms with Gasteiger partial charge in [0.05, 0.1) is 12.0 Å². The van der Waals surface area contributed by atoms with Gasteiger partial charge in [-0.1, -0.05) is 6.07 Å². The number of hydrogen-bond acceptors (Lipinski definition) is 5. The van der Waals surface area contributed by atoms with E-state index < -0.39 is 10.0 Å². The summed E-state index contributed by atoms with van der Waals surface area (Å²) in [6.45, 7) is 4.50. The smallest absolute Gasteiger partial charge is 0.243 e.